The zero-order valence-corrected chi connectivity index (χ0v) is 14.6. The molecular weight excluding hydrogens is 334 g/mol. The topological polar surface area (TPSA) is 66.8 Å². The van der Waals surface area contributed by atoms with Crippen molar-refractivity contribution in [2.75, 3.05) is 7.11 Å². The maximum absolute atomic E-state index is 12.6. The molecule has 1 saturated heterocycles. The van der Waals surface area contributed by atoms with Crippen LogP contribution in [0.4, 0.5) is 0 Å². The Balaban J connectivity index is 2.33. The summed E-state index contributed by atoms with van der Waals surface area (Å²) >= 11 is 6.33. The summed E-state index contributed by atoms with van der Waals surface area (Å²) in [5.41, 5.74) is 0.793. The summed E-state index contributed by atoms with van der Waals surface area (Å²) in [7, 11) is 1.57. The number of hydrogen-bond acceptors (Lipinski definition) is 5. The quantitative estimate of drug-likeness (QED) is 0.650. The smallest absolute Gasteiger partial charge is 0.327 e. The van der Waals surface area contributed by atoms with Crippen molar-refractivity contribution in [3.63, 3.8) is 0 Å². The average molecular weight is 351 g/mol. The van der Waals surface area contributed by atoms with E-state index in [1.807, 2.05) is 18.2 Å². The first-order valence-electron chi connectivity index (χ1n) is 6.99. The predicted molar refractivity (Wildman–Crippen MR) is 94.3 cm³/mol. The highest BCUT2D eigenvalue weighted by Crippen LogP contribution is 2.35. The molecule has 2 rings (SSSR count). The maximum atomic E-state index is 12.6. The number of nitrogens with zero attached hydrogens (tertiary/aromatic N) is 1. The molecule has 23 heavy (non-hydrogen) atoms. The highest BCUT2D eigenvalue weighted by Gasteiger charge is 2.41. The van der Waals surface area contributed by atoms with Gasteiger partial charge in [0.2, 0.25) is 0 Å². The van der Waals surface area contributed by atoms with Crippen molar-refractivity contribution in [1.29, 1.82) is 0 Å². The summed E-state index contributed by atoms with van der Waals surface area (Å²) in [6, 6.07) is 6.30. The molecular formula is C16H17NO4S2. The van der Waals surface area contributed by atoms with Crippen molar-refractivity contribution in [1.82, 2.24) is 4.90 Å². The second-order valence-electron chi connectivity index (χ2n) is 5.36. The SMILES string of the molecule is COc1cccc(C=C2SC(=S)N(C(C(=O)O)C(C)C)C2=O)c1. The lowest BCUT2D eigenvalue weighted by molar-refractivity contribution is -0.146. The molecule has 0 spiro atoms. The fourth-order valence-electron chi connectivity index (χ4n) is 2.30. The molecule has 5 nitrogen and oxygen atoms in total. The fourth-order valence-corrected chi connectivity index (χ4v) is 3.63. The molecule has 1 amide bonds. The minimum atomic E-state index is -1.06. The summed E-state index contributed by atoms with van der Waals surface area (Å²) in [4.78, 5) is 25.7. The first-order valence-corrected chi connectivity index (χ1v) is 8.21. The number of methoxy groups -OCH3 is 1. The molecule has 0 bridgehead atoms. The van der Waals surface area contributed by atoms with Crippen molar-refractivity contribution in [2.24, 2.45) is 5.92 Å². The first kappa shape index (κ1) is 17.5. The zero-order valence-electron chi connectivity index (χ0n) is 13.0. The van der Waals surface area contributed by atoms with Gasteiger partial charge in [-0.05, 0) is 29.7 Å². The standard InChI is InChI=1S/C16H17NO4S2/c1-9(2)13(15(19)20)17-14(18)12(23-16(17)22)8-10-5-4-6-11(7-10)21-3/h4-9,13H,1-3H3,(H,19,20). The van der Waals surface area contributed by atoms with Crippen molar-refractivity contribution >= 4 is 46.3 Å². The predicted octanol–water partition coefficient (Wildman–Crippen LogP) is 3.01. The third-order valence-electron chi connectivity index (χ3n) is 3.38. The lowest BCUT2D eigenvalue weighted by Crippen LogP contribution is -2.47. The van der Waals surface area contributed by atoms with Crippen molar-refractivity contribution in [3.8, 4) is 5.75 Å². The van der Waals surface area contributed by atoms with E-state index in [9.17, 15) is 14.7 Å². The van der Waals surface area contributed by atoms with E-state index in [0.29, 0.717) is 10.7 Å². The lowest BCUT2D eigenvalue weighted by atomic mass is 10.0. The van der Waals surface area contributed by atoms with Crippen LogP contribution in [0.1, 0.15) is 19.4 Å². The second kappa shape index (κ2) is 7.14. The van der Waals surface area contributed by atoms with Gasteiger partial charge in [-0.15, -0.1) is 0 Å². The van der Waals surface area contributed by atoms with Crippen molar-refractivity contribution in [3.05, 3.63) is 34.7 Å². The van der Waals surface area contributed by atoms with Crippen LogP contribution in [0.2, 0.25) is 0 Å². The Morgan fingerprint density at radius 1 is 1.43 bits per heavy atom. The van der Waals surface area contributed by atoms with Crippen LogP contribution < -0.4 is 4.74 Å². The Morgan fingerprint density at radius 3 is 2.70 bits per heavy atom. The van der Waals surface area contributed by atoms with E-state index < -0.39 is 12.0 Å². The second-order valence-corrected chi connectivity index (χ2v) is 7.03. The molecule has 1 fully saturated rings. The van der Waals surface area contributed by atoms with Gasteiger partial charge in [0.15, 0.2) is 0 Å². The number of benzene rings is 1. The van der Waals surface area contributed by atoms with Crippen LogP contribution >= 0.6 is 24.0 Å². The van der Waals surface area contributed by atoms with Gasteiger partial charge >= 0.3 is 5.97 Å². The van der Waals surface area contributed by atoms with Gasteiger partial charge in [0.05, 0.1) is 12.0 Å². The van der Waals surface area contributed by atoms with Crippen molar-refractivity contribution < 1.29 is 19.4 Å². The molecule has 1 N–H and O–H groups in total. The molecule has 0 saturated carbocycles. The summed E-state index contributed by atoms with van der Waals surface area (Å²) in [5.74, 6) is -0.992. The third kappa shape index (κ3) is 3.73. The molecule has 1 aliphatic rings. The van der Waals surface area contributed by atoms with Gasteiger partial charge in [-0.2, -0.15) is 0 Å². The Hall–Kier alpha value is -1.86. The normalized spacial score (nSPS) is 17.9. The van der Waals surface area contributed by atoms with Crippen LogP contribution in [0.3, 0.4) is 0 Å². The molecule has 0 aliphatic carbocycles. The average Bonchev–Trinajstić information content (AvgIpc) is 2.75. The van der Waals surface area contributed by atoms with E-state index in [4.69, 9.17) is 17.0 Å². The fraction of sp³-hybridized carbons (Fsp3) is 0.312. The van der Waals surface area contributed by atoms with E-state index in [0.717, 1.165) is 17.3 Å². The summed E-state index contributed by atoms with van der Waals surface area (Å²) in [6.07, 6.45) is 1.70. The number of ether oxygens (including phenoxy) is 1. The largest absolute Gasteiger partial charge is 0.497 e. The minimum Gasteiger partial charge on any atom is -0.497 e. The third-order valence-corrected chi connectivity index (χ3v) is 4.71. The molecule has 7 heteroatoms. The molecule has 1 aromatic rings. The van der Waals surface area contributed by atoms with Gasteiger partial charge in [-0.1, -0.05) is 50.0 Å². The number of carboxylic acid groups (broad SMARTS) is 1. The number of amides is 1. The van der Waals surface area contributed by atoms with Crippen LogP contribution in [-0.4, -0.2) is 39.4 Å². The van der Waals surface area contributed by atoms with Gasteiger partial charge in [-0.3, -0.25) is 9.69 Å². The van der Waals surface area contributed by atoms with Gasteiger partial charge < -0.3 is 9.84 Å². The molecule has 1 aromatic carbocycles. The molecule has 1 heterocycles. The number of thiocarbonyl (C=S) groups is 1. The number of aliphatic carboxylic acids is 1. The summed E-state index contributed by atoms with van der Waals surface area (Å²) in [6.45, 7) is 3.51. The lowest BCUT2D eigenvalue weighted by Gasteiger charge is -2.26. The summed E-state index contributed by atoms with van der Waals surface area (Å²) in [5, 5.41) is 9.39. The van der Waals surface area contributed by atoms with Gasteiger partial charge in [0.1, 0.15) is 16.1 Å². The van der Waals surface area contributed by atoms with E-state index >= 15 is 0 Å². The van der Waals surface area contributed by atoms with Crippen LogP contribution in [-0.2, 0) is 9.59 Å². The highest BCUT2D eigenvalue weighted by molar-refractivity contribution is 8.26. The Morgan fingerprint density at radius 2 is 2.13 bits per heavy atom. The number of carbonyl (C=O) groups excluding carboxylic acids is 1. The molecule has 0 aromatic heterocycles. The molecule has 1 atom stereocenters. The van der Waals surface area contributed by atoms with Gasteiger partial charge in [-0.25, -0.2) is 4.79 Å². The van der Waals surface area contributed by atoms with Crippen LogP contribution in [0, 0.1) is 5.92 Å². The Bertz CT molecular complexity index is 684. The Labute approximate surface area is 144 Å². The zero-order chi connectivity index (χ0) is 17.1. The van der Waals surface area contributed by atoms with Gasteiger partial charge in [0, 0.05) is 0 Å². The van der Waals surface area contributed by atoms with Crippen molar-refractivity contribution in [2.45, 2.75) is 19.9 Å². The molecule has 0 radical (unpaired) electrons. The van der Waals surface area contributed by atoms with E-state index in [1.165, 1.54) is 4.90 Å². The van der Waals surface area contributed by atoms with E-state index in [-0.39, 0.29) is 16.1 Å². The first-order chi connectivity index (χ1) is 10.8. The number of thioether (sulfide) groups is 1. The van der Waals surface area contributed by atoms with E-state index in [2.05, 4.69) is 0 Å². The number of carboxylic acids is 1. The summed E-state index contributed by atoms with van der Waals surface area (Å²) < 4.78 is 5.42. The monoisotopic (exact) mass is 351 g/mol. The number of hydrogen-bond donors (Lipinski definition) is 1. The van der Waals surface area contributed by atoms with Crippen LogP contribution in [0.25, 0.3) is 6.08 Å². The van der Waals surface area contributed by atoms with Crippen LogP contribution in [0.5, 0.6) is 5.75 Å². The number of carbonyl (C=O) groups is 2. The molecule has 1 unspecified atom stereocenters. The van der Waals surface area contributed by atoms with E-state index in [1.54, 1.807) is 33.1 Å². The minimum absolute atomic E-state index is 0.244. The molecule has 1 aliphatic heterocycles. The highest BCUT2D eigenvalue weighted by atomic mass is 32.2. The maximum Gasteiger partial charge on any atom is 0.327 e. The number of rotatable bonds is 5. The Kier molecular flexibility index (Phi) is 5.43. The molecule has 122 valence electrons. The van der Waals surface area contributed by atoms with Crippen LogP contribution in [0.15, 0.2) is 29.2 Å². The van der Waals surface area contributed by atoms with Gasteiger partial charge in [0.25, 0.3) is 5.91 Å².